The van der Waals surface area contributed by atoms with Crippen molar-refractivity contribution in [1.82, 2.24) is 0 Å². The molecular formula is C17H20N2O4. The average molecular weight is 316 g/mol. The second-order valence-electron chi connectivity index (χ2n) is 6.47. The van der Waals surface area contributed by atoms with E-state index in [4.69, 9.17) is 0 Å². The second-order valence-corrected chi connectivity index (χ2v) is 6.47. The predicted octanol–water partition coefficient (Wildman–Crippen LogP) is 2.33. The summed E-state index contributed by atoms with van der Waals surface area (Å²) in [4.78, 5) is 35.0. The van der Waals surface area contributed by atoms with Crippen LogP contribution in [-0.4, -0.2) is 22.9 Å². The zero-order chi connectivity index (χ0) is 16.6. The van der Waals surface area contributed by atoms with Crippen molar-refractivity contribution in [2.75, 3.05) is 10.6 Å². The first-order chi connectivity index (χ1) is 11.0. The van der Waals surface area contributed by atoms with E-state index in [0.717, 1.165) is 19.3 Å². The normalized spacial score (nSPS) is 28.4. The highest BCUT2D eigenvalue weighted by molar-refractivity contribution is 5.96. The molecule has 6 heteroatoms. The Bertz CT molecular complexity index is 640. The lowest BCUT2D eigenvalue weighted by Gasteiger charge is -2.27. The highest BCUT2D eigenvalue weighted by atomic mass is 16.4. The highest BCUT2D eigenvalue weighted by Crippen LogP contribution is 2.52. The number of hydrogen-bond donors (Lipinski definition) is 3. The summed E-state index contributed by atoms with van der Waals surface area (Å²) in [6.45, 7) is 1.43. The zero-order valence-electron chi connectivity index (χ0n) is 12.9. The molecule has 2 bridgehead atoms. The van der Waals surface area contributed by atoms with Crippen molar-refractivity contribution in [2.45, 2.75) is 26.2 Å². The number of benzene rings is 1. The van der Waals surface area contributed by atoms with Gasteiger partial charge in [0, 0.05) is 18.3 Å². The number of carboxylic acids is 1. The summed E-state index contributed by atoms with van der Waals surface area (Å²) in [7, 11) is 0. The van der Waals surface area contributed by atoms with E-state index in [-0.39, 0.29) is 23.7 Å². The molecule has 0 aromatic heterocycles. The third kappa shape index (κ3) is 3.06. The Balaban J connectivity index is 1.69. The molecule has 4 atom stereocenters. The molecule has 1 aromatic rings. The van der Waals surface area contributed by atoms with Gasteiger partial charge in [0.2, 0.25) is 11.8 Å². The summed E-state index contributed by atoms with van der Waals surface area (Å²) in [5.74, 6) is -1.92. The van der Waals surface area contributed by atoms with Gasteiger partial charge in [-0.05, 0) is 55.4 Å². The molecule has 1 aromatic carbocycles. The number of aliphatic carboxylic acids is 1. The van der Waals surface area contributed by atoms with Crippen LogP contribution in [0.1, 0.15) is 26.2 Å². The largest absolute Gasteiger partial charge is 0.481 e. The summed E-state index contributed by atoms with van der Waals surface area (Å²) in [6, 6.07) is 6.80. The minimum atomic E-state index is -0.863. The van der Waals surface area contributed by atoms with Crippen LogP contribution in [0.25, 0.3) is 0 Å². The Labute approximate surface area is 134 Å². The molecule has 0 unspecified atom stereocenters. The molecule has 23 heavy (non-hydrogen) atoms. The highest BCUT2D eigenvalue weighted by Gasteiger charge is 2.53. The maximum absolute atomic E-state index is 12.5. The van der Waals surface area contributed by atoms with Crippen molar-refractivity contribution in [3.63, 3.8) is 0 Å². The van der Waals surface area contributed by atoms with Crippen LogP contribution in [0.4, 0.5) is 11.4 Å². The quantitative estimate of drug-likeness (QED) is 0.794. The Morgan fingerprint density at radius 1 is 0.957 bits per heavy atom. The summed E-state index contributed by atoms with van der Waals surface area (Å²) < 4.78 is 0. The number of rotatable bonds is 4. The van der Waals surface area contributed by atoms with Gasteiger partial charge in [-0.3, -0.25) is 14.4 Å². The van der Waals surface area contributed by atoms with Crippen LogP contribution in [0.3, 0.4) is 0 Å². The van der Waals surface area contributed by atoms with Crippen LogP contribution < -0.4 is 10.6 Å². The van der Waals surface area contributed by atoms with E-state index in [9.17, 15) is 19.5 Å². The Morgan fingerprint density at radius 3 is 2.00 bits per heavy atom. The zero-order valence-corrected chi connectivity index (χ0v) is 12.9. The van der Waals surface area contributed by atoms with Crippen molar-refractivity contribution < 1.29 is 19.5 Å². The molecule has 3 N–H and O–H groups in total. The number of nitrogens with one attached hydrogen (secondary N) is 2. The average Bonchev–Trinajstić information content (AvgIpc) is 3.09. The van der Waals surface area contributed by atoms with Crippen molar-refractivity contribution in [1.29, 1.82) is 0 Å². The summed E-state index contributed by atoms with van der Waals surface area (Å²) in [6.07, 6.45) is 2.70. The molecule has 6 nitrogen and oxygen atoms in total. The number of carbonyl (C=O) groups is 3. The van der Waals surface area contributed by atoms with Gasteiger partial charge in [-0.15, -0.1) is 0 Å². The molecule has 0 saturated heterocycles. The first kappa shape index (κ1) is 15.5. The van der Waals surface area contributed by atoms with Crippen molar-refractivity contribution >= 4 is 29.2 Å². The van der Waals surface area contributed by atoms with Gasteiger partial charge in [0.05, 0.1) is 11.8 Å². The fourth-order valence-electron chi connectivity index (χ4n) is 4.09. The second kappa shape index (κ2) is 6.02. The summed E-state index contributed by atoms with van der Waals surface area (Å²) in [5.41, 5.74) is 1.26. The van der Waals surface area contributed by atoms with Crippen LogP contribution in [0.5, 0.6) is 0 Å². The Kier molecular flexibility index (Phi) is 4.07. The van der Waals surface area contributed by atoms with Gasteiger partial charge < -0.3 is 15.7 Å². The molecule has 3 rings (SSSR count). The molecule has 2 amide bonds. The van der Waals surface area contributed by atoms with E-state index in [2.05, 4.69) is 10.6 Å². The molecule has 2 aliphatic carbocycles. The van der Waals surface area contributed by atoms with E-state index < -0.39 is 17.8 Å². The fourth-order valence-corrected chi connectivity index (χ4v) is 4.09. The van der Waals surface area contributed by atoms with Crippen LogP contribution in [0.15, 0.2) is 24.3 Å². The predicted molar refractivity (Wildman–Crippen MR) is 84.8 cm³/mol. The monoisotopic (exact) mass is 316 g/mol. The fraction of sp³-hybridized carbons (Fsp3) is 0.471. The van der Waals surface area contributed by atoms with Gasteiger partial charge in [-0.25, -0.2) is 0 Å². The van der Waals surface area contributed by atoms with Gasteiger partial charge in [-0.1, -0.05) is 0 Å². The Hall–Kier alpha value is -2.37. The number of amides is 2. The van der Waals surface area contributed by atoms with Crippen molar-refractivity contribution in [3.8, 4) is 0 Å². The third-order valence-corrected chi connectivity index (χ3v) is 4.98. The molecule has 0 heterocycles. The van der Waals surface area contributed by atoms with Crippen LogP contribution in [0, 0.1) is 23.7 Å². The molecule has 2 aliphatic rings. The molecule has 0 aliphatic heterocycles. The maximum atomic E-state index is 12.5. The van der Waals surface area contributed by atoms with E-state index in [1.165, 1.54) is 6.92 Å². The number of anilines is 2. The van der Waals surface area contributed by atoms with Gasteiger partial charge in [0.1, 0.15) is 0 Å². The minimum absolute atomic E-state index is 0.135. The number of hydrogen-bond acceptors (Lipinski definition) is 3. The van der Waals surface area contributed by atoms with Crippen molar-refractivity contribution in [3.05, 3.63) is 24.3 Å². The standard InChI is InChI=1S/C17H20N2O4/c1-9(20)18-12-4-6-13(7-5-12)19-16(21)14-10-2-3-11(8-10)15(14)17(22)23/h4-7,10-11,14-15H,2-3,8H2,1H3,(H,18,20)(H,19,21)(H,22,23)/t10-,11+,14-,15-/m0/s1. The van der Waals surface area contributed by atoms with Gasteiger partial charge in [0.15, 0.2) is 0 Å². The van der Waals surface area contributed by atoms with E-state index in [1.807, 2.05) is 0 Å². The van der Waals surface area contributed by atoms with Crippen LogP contribution in [0.2, 0.25) is 0 Å². The smallest absolute Gasteiger partial charge is 0.307 e. The Morgan fingerprint density at radius 2 is 1.48 bits per heavy atom. The topological polar surface area (TPSA) is 95.5 Å². The number of carbonyl (C=O) groups excluding carboxylic acids is 2. The van der Waals surface area contributed by atoms with Gasteiger partial charge in [0.25, 0.3) is 0 Å². The summed E-state index contributed by atoms with van der Waals surface area (Å²) >= 11 is 0. The summed E-state index contributed by atoms with van der Waals surface area (Å²) in [5, 5.41) is 14.9. The lowest BCUT2D eigenvalue weighted by atomic mass is 9.78. The number of carboxylic acid groups (broad SMARTS) is 1. The molecule has 2 fully saturated rings. The SMILES string of the molecule is CC(=O)Nc1ccc(NC(=O)[C@H]2[C@H]3CC[C@H](C3)[C@@H]2C(=O)O)cc1. The molecule has 0 spiro atoms. The minimum Gasteiger partial charge on any atom is -0.481 e. The van der Waals surface area contributed by atoms with Gasteiger partial charge >= 0.3 is 5.97 Å². The third-order valence-electron chi connectivity index (χ3n) is 4.98. The van der Waals surface area contributed by atoms with E-state index in [1.54, 1.807) is 24.3 Å². The number of fused-ring (bicyclic) bond motifs is 2. The van der Waals surface area contributed by atoms with Gasteiger partial charge in [-0.2, -0.15) is 0 Å². The van der Waals surface area contributed by atoms with Crippen LogP contribution >= 0.6 is 0 Å². The van der Waals surface area contributed by atoms with Crippen molar-refractivity contribution in [2.24, 2.45) is 23.7 Å². The van der Waals surface area contributed by atoms with Crippen LogP contribution in [-0.2, 0) is 14.4 Å². The first-order valence-corrected chi connectivity index (χ1v) is 7.87. The molecular weight excluding hydrogens is 296 g/mol. The molecule has 2 saturated carbocycles. The lowest BCUT2D eigenvalue weighted by Crippen LogP contribution is -2.37. The molecule has 122 valence electrons. The maximum Gasteiger partial charge on any atom is 0.307 e. The first-order valence-electron chi connectivity index (χ1n) is 7.87. The lowest BCUT2D eigenvalue weighted by molar-refractivity contribution is -0.148. The molecule has 0 radical (unpaired) electrons. The van der Waals surface area contributed by atoms with E-state index >= 15 is 0 Å². The van der Waals surface area contributed by atoms with E-state index in [0.29, 0.717) is 11.4 Å².